The largest absolute Gasteiger partial charge is 0.449 e. The van der Waals surface area contributed by atoms with Crippen LogP contribution in [0.3, 0.4) is 0 Å². The number of hydrogen-bond acceptors (Lipinski definition) is 0. The molecule has 0 saturated heterocycles. The number of rotatable bonds is 10. The molecule has 0 unspecified atom stereocenters. The van der Waals surface area contributed by atoms with Gasteiger partial charge in [0, 0.05) is 0 Å². The minimum absolute atomic E-state index is 0.601. The number of benzene rings is 6. The molecule has 0 bridgehead atoms. The van der Waals surface area contributed by atoms with Crippen LogP contribution >= 0.6 is 0 Å². The van der Waals surface area contributed by atoms with Gasteiger partial charge in [0.15, 0.2) is 111 Å². The van der Waals surface area contributed by atoms with Gasteiger partial charge in [0.1, 0.15) is 69.8 Å². The van der Waals surface area contributed by atoms with Crippen molar-refractivity contribution in [2.45, 2.75) is 0 Å². The van der Waals surface area contributed by atoms with Crippen molar-refractivity contribution in [1.29, 1.82) is 0 Å². The van der Waals surface area contributed by atoms with Crippen molar-refractivity contribution in [3.8, 4) is 0 Å². The minimum atomic E-state index is -6.92. The number of nitrogens with one attached hydrogen (secondary N) is 2. The molecular formula is C39H3B2F30N2. The Morgan fingerprint density at radius 1 is 0.178 bits per heavy atom. The Morgan fingerprint density at radius 3 is 0.384 bits per heavy atom. The second-order valence-corrected chi connectivity index (χ2v) is 14.4. The Hall–Kier alpha value is -7.31. The van der Waals surface area contributed by atoms with Gasteiger partial charge in [-0.25, -0.2) is 132 Å². The fourth-order valence-electron chi connectivity index (χ4n) is 7.68. The summed E-state index contributed by atoms with van der Waals surface area (Å²) in [5.41, 5.74) is -20.8. The predicted octanol–water partition coefficient (Wildman–Crippen LogP) is 4.75. The lowest BCUT2D eigenvalue weighted by Crippen LogP contribution is -3.05. The summed E-state index contributed by atoms with van der Waals surface area (Å²) in [5, 5.41) is 0. The summed E-state index contributed by atoms with van der Waals surface area (Å²) in [6.07, 6.45) is -13.3. The lowest BCUT2D eigenvalue weighted by atomic mass is 9.24. The zero-order valence-electron chi connectivity index (χ0n) is 33.1. The molecule has 6 rings (SSSR count). The first-order valence-corrected chi connectivity index (χ1v) is 18.1. The van der Waals surface area contributed by atoms with Gasteiger partial charge in [-0.2, -0.15) is 0 Å². The molecule has 0 spiro atoms. The molecule has 34 heteroatoms. The van der Waals surface area contributed by atoms with Gasteiger partial charge in [-0.1, -0.05) is 0 Å². The van der Waals surface area contributed by atoms with Gasteiger partial charge in [0.2, 0.25) is 12.4 Å². The molecule has 0 aliphatic carbocycles. The van der Waals surface area contributed by atoms with Crippen LogP contribution in [0.25, 0.3) is 0 Å². The average Bonchev–Trinajstić information content (AvgIpc) is 3.35. The van der Waals surface area contributed by atoms with Crippen molar-refractivity contribution in [2.75, 3.05) is 0 Å². The van der Waals surface area contributed by atoms with E-state index in [1.54, 1.807) is 0 Å². The van der Waals surface area contributed by atoms with Crippen molar-refractivity contribution in [1.82, 2.24) is 0 Å². The molecule has 73 heavy (non-hydrogen) atoms. The number of hydrogen-bond donors (Lipinski definition) is 2. The van der Waals surface area contributed by atoms with Crippen LogP contribution in [0, 0.1) is 181 Å². The molecule has 0 aliphatic heterocycles. The number of halogens is 30. The van der Waals surface area contributed by atoms with E-state index in [0.717, 1.165) is 12.4 Å². The van der Waals surface area contributed by atoms with Crippen LogP contribution < -0.4 is 42.6 Å². The maximum absolute atomic E-state index is 15.9. The summed E-state index contributed by atoms with van der Waals surface area (Å²) < 4.78 is 455. The standard InChI is InChI=1S/C39H3B2F30N2/c42-10-4(11(43)23(55)34(66)22(10)54)40(5-12(44)24(56)35(67)25(57)13(5)45,6-14(46)26(58)36(68)27(59)15(6)47)72-2-1-3-73-41(7-16(48)28(60)37(69)29(61)17(7)49,8-18(50)30(62)38(70)31(63)19(8)51)9-20(52)32(64)39(71)33(65)21(9)53/h1,72-73H. The third-order valence-electron chi connectivity index (χ3n) is 10.8. The molecule has 0 saturated carbocycles. The van der Waals surface area contributed by atoms with Gasteiger partial charge in [0.25, 0.3) is 0 Å². The molecule has 0 fully saturated rings. The molecule has 0 atom stereocenters. The zero-order chi connectivity index (χ0) is 55.3. The van der Waals surface area contributed by atoms with E-state index in [0.29, 0.717) is 9.81 Å². The van der Waals surface area contributed by atoms with Gasteiger partial charge >= 0.3 is 12.6 Å². The molecule has 6 aromatic rings. The van der Waals surface area contributed by atoms with Gasteiger partial charge in [0.05, 0.1) is 0 Å². The highest BCUT2D eigenvalue weighted by molar-refractivity contribution is 7.06. The van der Waals surface area contributed by atoms with Crippen molar-refractivity contribution >= 4 is 57.8 Å². The molecule has 6 aromatic carbocycles. The molecule has 0 amide bonds. The van der Waals surface area contributed by atoms with E-state index in [2.05, 4.69) is 0 Å². The van der Waals surface area contributed by atoms with Crippen LogP contribution in [0.4, 0.5) is 132 Å². The zero-order valence-corrected chi connectivity index (χ0v) is 33.1. The van der Waals surface area contributed by atoms with Gasteiger partial charge < -0.3 is 9.81 Å². The summed E-state index contributed by atoms with van der Waals surface area (Å²) >= 11 is 0. The monoisotopic (exact) mass is 1090 g/mol. The second-order valence-electron chi connectivity index (χ2n) is 14.4. The van der Waals surface area contributed by atoms with Crippen molar-refractivity contribution in [3.05, 3.63) is 181 Å². The fraction of sp³-hybridized carbons (Fsp3) is 0. The van der Waals surface area contributed by atoms with Crippen LogP contribution in [0.5, 0.6) is 0 Å². The third kappa shape index (κ3) is 7.62. The maximum Gasteiger partial charge on any atom is 0.371 e. The third-order valence-corrected chi connectivity index (χ3v) is 10.8. The predicted molar refractivity (Wildman–Crippen MR) is 183 cm³/mol. The average molecular weight is 1090 g/mol. The normalized spacial score (nSPS) is 12.5. The van der Waals surface area contributed by atoms with Gasteiger partial charge in [-0.15, -0.1) is 0 Å². The smallest absolute Gasteiger partial charge is 0.371 e. The lowest BCUT2D eigenvalue weighted by Gasteiger charge is -2.34. The topological polar surface area (TPSA) is 27.9 Å². The van der Waals surface area contributed by atoms with E-state index in [9.17, 15) is 79.0 Å². The van der Waals surface area contributed by atoms with Crippen LogP contribution in [0.15, 0.2) is 0 Å². The first-order chi connectivity index (χ1) is 33.8. The molecule has 2 nitrogen and oxygen atoms in total. The highest BCUT2D eigenvalue weighted by Gasteiger charge is 2.57. The van der Waals surface area contributed by atoms with Gasteiger partial charge in [-0.05, 0) is 32.8 Å². The van der Waals surface area contributed by atoms with Crippen LogP contribution in [0.2, 0.25) is 0 Å². The van der Waals surface area contributed by atoms with Crippen LogP contribution in [-0.2, 0) is 0 Å². The summed E-state index contributed by atoms with van der Waals surface area (Å²) in [4.78, 5) is 1.20. The van der Waals surface area contributed by atoms with E-state index in [1.807, 2.05) is 0 Å². The Morgan fingerprint density at radius 2 is 0.274 bits per heavy atom. The van der Waals surface area contributed by atoms with E-state index in [4.69, 9.17) is 0 Å². The van der Waals surface area contributed by atoms with E-state index < -0.39 is 226 Å². The highest BCUT2D eigenvalue weighted by atomic mass is 19.2. The molecular weight excluding hydrogens is 1090 g/mol. The van der Waals surface area contributed by atoms with E-state index >= 15 is 52.7 Å². The van der Waals surface area contributed by atoms with Gasteiger partial charge in [-0.3, -0.25) is 0 Å². The molecule has 0 aromatic heterocycles. The summed E-state index contributed by atoms with van der Waals surface area (Å²) in [6.45, 7) is 0. The van der Waals surface area contributed by atoms with Crippen molar-refractivity contribution < 1.29 is 142 Å². The SMILES string of the molecule is Fc1c(F)c(F)c([B-]([NH+]=[C][CH][C]=[NH+][B-](c2c(F)c(F)c(F)c(F)c2F)(c2c(F)c(F)c(F)c(F)c2F)c2c(F)c(F)c(F)c(F)c2F)(c2c(F)c(F)c(F)c(F)c2F)c2c(F)c(F)c(F)c(F)c2F)c(F)c1F. The summed E-state index contributed by atoms with van der Waals surface area (Å²) in [6, 6.07) is 0. The first-order valence-electron chi connectivity index (χ1n) is 18.1. The lowest BCUT2D eigenvalue weighted by molar-refractivity contribution is -0.295. The maximum atomic E-state index is 15.9. The fourth-order valence-corrected chi connectivity index (χ4v) is 7.68. The molecule has 3 radical (unpaired) electrons. The molecule has 0 aliphatic rings. The van der Waals surface area contributed by atoms with Crippen LogP contribution in [0.1, 0.15) is 0 Å². The Labute approximate surface area is 380 Å². The summed E-state index contributed by atoms with van der Waals surface area (Å²) in [7, 11) is 0. The Bertz CT molecular complexity index is 2730. The Kier molecular flexibility index (Phi) is 14.3. The van der Waals surface area contributed by atoms with Crippen molar-refractivity contribution in [2.24, 2.45) is 0 Å². The Balaban J connectivity index is 1.90. The van der Waals surface area contributed by atoms with E-state index in [-0.39, 0.29) is 0 Å². The first kappa shape index (κ1) is 55.0. The van der Waals surface area contributed by atoms with Crippen molar-refractivity contribution in [3.63, 3.8) is 0 Å². The second kappa shape index (κ2) is 18.9. The highest BCUT2D eigenvalue weighted by Crippen LogP contribution is 2.28. The summed E-state index contributed by atoms with van der Waals surface area (Å²) in [5.74, 6) is -108. The van der Waals surface area contributed by atoms with E-state index in [1.165, 1.54) is 0 Å². The molecule has 385 valence electrons. The quantitative estimate of drug-likeness (QED) is 0.0653. The van der Waals surface area contributed by atoms with Crippen LogP contribution in [-0.4, -0.2) is 25.0 Å². The molecule has 2 N–H and O–H groups in total. The minimum Gasteiger partial charge on any atom is -0.449 e. The molecule has 0 heterocycles.